The van der Waals surface area contributed by atoms with E-state index in [1.165, 1.54) is 0 Å². The summed E-state index contributed by atoms with van der Waals surface area (Å²) in [4.78, 5) is 36.9. The maximum Gasteiger partial charge on any atom is 0.399 e. The predicted octanol–water partition coefficient (Wildman–Crippen LogP) is 1.66. The van der Waals surface area contributed by atoms with E-state index < -0.39 is 35.2 Å². The number of carbonyl (C=O) groups is 3. The lowest BCUT2D eigenvalue weighted by Gasteiger charge is -2.36. The third-order valence-corrected chi connectivity index (χ3v) is 4.01. The second-order valence-electron chi connectivity index (χ2n) is 6.27. The predicted molar refractivity (Wildman–Crippen MR) is 93.3 cm³/mol. The number of amides is 2. The van der Waals surface area contributed by atoms with Gasteiger partial charge in [-0.15, -0.1) is 0 Å². The highest BCUT2D eigenvalue weighted by Gasteiger charge is 2.44. The van der Waals surface area contributed by atoms with Gasteiger partial charge >= 0.3 is 11.9 Å². The number of aliphatic hydroxyl groups is 1. The molecule has 1 aromatic rings. The lowest BCUT2D eigenvalue weighted by molar-refractivity contribution is -0.156. The van der Waals surface area contributed by atoms with Crippen molar-refractivity contribution in [2.24, 2.45) is 11.8 Å². The van der Waals surface area contributed by atoms with Crippen LogP contribution in [-0.4, -0.2) is 35.1 Å². The minimum Gasteiger partial charge on any atom is -0.459 e. The van der Waals surface area contributed by atoms with E-state index in [9.17, 15) is 19.5 Å². The Morgan fingerprint density at radius 2 is 1.64 bits per heavy atom. The van der Waals surface area contributed by atoms with Crippen molar-refractivity contribution in [3.63, 3.8) is 0 Å². The molecule has 0 saturated carbocycles. The number of esters is 1. The smallest absolute Gasteiger partial charge is 0.399 e. The third-order valence-electron chi connectivity index (χ3n) is 4.01. The largest absolute Gasteiger partial charge is 0.459 e. The van der Waals surface area contributed by atoms with Gasteiger partial charge in [0.15, 0.2) is 0 Å². The Balaban J connectivity index is 3.19. The van der Waals surface area contributed by atoms with E-state index in [1.54, 1.807) is 65.0 Å². The van der Waals surface area contributed by atoms with Gasteiger partial charge in [0.1, 0.15) is 5.60 Å². The molecule has 1 aromatic carbocycles. The summed E-state index contributed by atoms with van der Waals surface area (Å²) in [6, 6.07) is 8.16. The van der Waals surface area contributed by atoms with E-state index in [4.69, 9.17) is 4.74 Å². The van der Waals surface area contributed by atoms with Gasteiger partial charge in [0.25, 0.3) is 5.91 Å². The van der Waals surface area contributed by atoms with Crippen molar-refractivity contribution >= 4 is 23.5 Å². The minimum atomic E-state index is -1.71. The number of hydrazine groups is 1. The molecule has 0 radical (unpaired) electrons. The fourth-order valence-corrected chi connectivity index (χ4v) is 2.48. The van der Waals surface area contributed by atoms with Crippen molar-refractivity contribution in [2.45, 2.75) is 40.2 Å². The molecule has 0 aliphatic carbocycles. The number of para-hydroxylation sites is 1. The minimum absolute atomic E-state index is 0.0308. The van der Waals surface area contributed by atoms with E-state index in [-0.39, 0.29) is 12.3 Å². The van der Waals surface area contributed by atoms with E-state index in [0.29, 0.717) is 0 Å². The average molecular weight is 350 g/mol. The van der Waals surface area contributed by atoms with Crippen LogP contribution in [0.4, 0.5) is 5.69 Å². The van der Waals surface area contributed by atoms with Crippen molar-refractivity contribution in [3.05, 3.63) is 30.3 Å². The van der Waals surface area contributed by atoms with Gasteiger partial charge in [-0.1, -0.05) is 45.9 Å². The molecule has 7 heteroatoms. The topological polar surface area (TPSA) is 95.9 Å². The number of anilines is 1. The molecule has 0 unspecified atom stereocenters. The van der Waals surface area contributed by atoms with Gasteiger partial charge < -0.3 is 9.84 Å². The molecule has 25 heavy (non-hydrogen) atoms. The maximum absolute atomic E-state index is 12.7. The van der Waals surface area contributed by atoms with Crippen LogP contribution >= 0.6 is 0 Å². The summed E-state index contributed by atoms with van der Waals surface area (Å²) in [5, 5.41) is 11.6. The molecular formula is C18H26N2O5. The number of hydrogen-bond acceptors (Lipinski definition) is 5. The highest BCUT2D eigenvalue weighted by Crippen LogP contribution is 2.27. The van der Waals surface area contributed by atoms with Gasteiger partial charge in [0.2, 0.25) is 0 Å². The highest BCUT2D eigenvalue weighted by atomic mass is 16.5. The first-order valence-electron chi connectivity index (χ1n) is 8.25. The number of rotatable bonds is 5. The summed E-state index contributed by atoms with van der Waals surface area (Å²) in [5.74, 6) is -3.70. The number of ether oxygens (including phenoxy) is 1. The fourth-order valence-electron chi connectivity index (χ4n) is 2.48. The van der Waals surface area contributed by atoms with Crippen LogP contribution in [0.3, 0.4) is 0 Å². The van der Waals surface area contributed by atoms with Crippen LogP contribution < -0.4 is 10.4 Å². The van der Waals surface area contributed by atoms with E-state index >= 15 is 0 Å². The van der Waals surface area contributed by atoms with Crippen LogP contribution in [-0.2, 0) is 19.1 Å². The van der Waals surface area contributed by atoms with E-state index in [1.807, 2.05) is 0 Å². The van der Waals surface area contributed by atoms with Crippen molar-refractivity contribution in [1.29, 1.82) is 0 Å². The van der Waals surface area contributed by atoms with Gasteiger partial charge in [-0.05, 0) is 30.9 Å². The molecule has 7 nitrogen and oxygen atoms in total. The zero-order chi connectivity index (χ0) is 19.2. The van der Waals surface area contributed by atoms with Gasteiger partial charge in [-0.3, -0.25) is 15.0 Å². The van der Waals surface area contributed by atoms with Crippen LogP contribution in [0.5, 0.6) is 0 Å². The zero-order valence-corrected chi connectivity index (χ0v) is 15.3. The first-order valence-corrected chi connectivity index (χ1v) is 8.25. The molecule has 2 N–H and O–H groups in total. The molecule has 0 fully saturated rings. The molecule has 0 bridgehead atoms. The SMILES string of the molecule is CCOC(=O)C(=O)N(NC(=O)C(O)(C(C)C)C(C)C)c1ccccc1. The number of nitrogens with one attached hydrogen (secondary N) is 1. The summed E-state index contributed by atoms with van der Waals surface area (Å²) >= 11 is 0. The molecule has 0 atom stereocenters. The third kappa shape index (κ3) is 4.57. The van der Waals surface area contributed by atoms with E-state index in [0.717, 1.165) is 5.01 Å². The molecule has 2 amide bonds. The highest BCUT2D eigenvalue weighted by molar-refractivity contribution is 6.38. The first kappa shape index (κ1) is 20.6. The van der Waals surface area contributed by atoms with Crippen LogP contribution in [0.2, 0.25) is 0 Å². The summed E-state index contributed by atoms with van der Waals surface area (Å²) in [6.45, 7) is 8.44. The molecule has 0 spiro atoms. The summed E-state index contributed by atoms with van der Waals surface area (Å²) in [5.41, 5.74) is 0.945. The summed E-state index contributed by atoms with van der Waals surface area (Å²) in [7, 11) is 0. The summed E-state index contributed by atoms with van der Waals surface area (Å²) < 4.78 is 4.72. The fraction of sp³-hybridized carbons (Fsp3) is 0.500. The molecule has 0 aliphatic heterocycles. The van der Waals surface area contributed by atoms with E-state index in [2.05, 4.69) is 5.43 Å². The monoisotopic (exact) mass is 350 g/mol. The van der Waals surface area contributed by atoms with Crippen molar-refractivity contribution in [2.75, 3.05) is 11.6 Å². The number of carbonyl (C=O) groups excluding carboxylic acids is 3. The number of nitrogens with zero attached hydrogens (tertiary/aromatic N) is 1. The Labute approximate surface area is 147 Å². The van der Waals surface area contributed by atoms with Crippen LogP contribution in [0.1, 0.15) is 34.6 Å². The zero-order valence-electron chi connectivity index (χ0n) is 15.3. The lowest BCUT2D eigenvalue weighted by Crippen LogP contribution is -2.60. The molecule has 0 aliphatic rings. The molecule has 138 valence electrons. The van der Waals surface area contributed by atoms with Gasteiger partial charge in [-0.2, -0.15) is 0 Å². The molecule has 0 saturated heterocycles. The molecule has 0 aromatic heterocycles. The number of benzene rings is 1. The Morgan fingerprint density at radius 3 is 2.08 bits per heavy atom. The van der Waals surface area contributed by atoms with Crippen molar-refractivity contribution in [3.8, 4) is 0 Å². The molecule has 1 rings (SSSR count). The van der Waals surface area contributed by atoms with Gasteiger partial charge in [0, 0.05) is 0 Å². The van der Waals surface area contributed by atoms with Crippen LogP contribution in [0.25, 0.3) is 0 Å². The summed E-state index contributed by atoms with van der Waals surface area (Å²) in [6.07, 6.45) is 0. The maximum atomic E-state index is 12.7. The normalized spacial score (nSPS) is 11.4. The second-order valence-corrected chi connectivity index (χ2v) is 6.27. The van der Waals surface area contributed by atoms with Crippen molar-refractivity contribution in [1.82, 2.24) is 5.43 Å². The first-order chi connectivity index (χ1) is 11.7. The standard InChI is InChI=1S/C18H26N2O5/c1-6-25-16(22)15(21)20(14-10-8-7-9-11-14)19-17(23)18(24,12(2)3)13(4)5/h7-13,24H,6H2,1-5H3,(H,19,23). The van der Waals surface area contributed by atoms with Crippen LogP contribution in [0, 0.1) is 11.8 Å². The van der Waals surface area contributed by atoms with Crippen molar-refractivity contribution < 1.29 is 24.2 Å². The quantitative estimate of drug-likeness (QED) is 0.478. The Kier molecular flexibility index (Phi) is 7.11. The Bertz CT molecular complexity index is 605. The van der Waals surface area contributed by atoms with Crippen LogP contribution in [0.15, 0.2) is 30.3 Å². The molecular weight excluding hydrogens is 324 g/mol. The Morgan fingerprint density at radius 1 is 1.12 bits per heavy atom. The number of hydrogen-bond donors (Lipinski definition) is 2. The average Bonchev–Trinajstić information content (AvgIpc) is 2.58. The molecule has 0 heterocycles. The second kappa shape index (κ2) is 8.62. The Hall–Kier alpha value is -2.41. The van der Waals surface area contributed by atoms with Gasteiger partial charge in [0.05, 0.1) is 12.3 Å². The lowest BCUT2D eigenvalue weighted by atomic mass is 9.80. The van der Waals surface area contributed by atoms with Gasteiger partial charge in [-0.25, -0.2) is 9.80 Å².